The predicted octanol–water partition coefficient (Wildman–Crippen LogP) is -0.941. The Bertz CT molecular complexity index is 363. The van der Waals surface area contributed by atoms with Gasteiger partial charge in [0, 0.05) is 0 Å². The van der Waals surface area contributed by atoms with Crippen molar-refractivity contribution in [3.05, 3.63) is 0 Å². The van der Waals surface area contributed by atoms with Gasteiger partial charge in [0.1, 0.15) is 13.2 Å². The van der Waals surface area contributed by atoms with Crippen molar-refractivity contribution in [2.24, 2.45) is 0 Å². The van der Waals surface area contributed by atoms with Crippen LogP contribution in [-0.2, 0) is 38.3 Å². The van der Waals surface area contributed by atoms with Crippen LogP contribution in [0.25, 0.3) is 0 Å². The van der Waals surface area contributed by atoms with Crippen molar-refractivity contribution in [3.8, 4) is 0 Å². The molecule has 0 spiro atoms. The minimum absolute atomic E-state index is 0.337. The van der Waals surface area contributed by atoms with E-state index in [4.69, 9.17) is 0 Å². The Morgan fingerprint density at radius 2 is 1.28 bits per heavy atom. The van der Waals surface area contributed by atoms with Gasteiger partial charge in [-0.3, -0.25) is 0 Å². The van der Waals surface area contributed by atoms with E-state index in [-0.39, 0.29) is 13.2 Å². The first-order valence-corrected chi connectivity index (χ1v) is 4.65. The second-order valence-corrected chi connectivity index (χ2v) is 3.14. The Labute approximate surface area is 98.5 Å². The van der Waals surface area contributed by atoms with E-state index < -0.39 is 36.5 Å². The molecule has 98 valence electrons. The molecule has 2 saturated heterocycles. The maximum Gasteiger partial charge on any atom is 0.509 e. The SMILES string of the molecule is O=C1OCC(C(=O)OOC(=O)C2COC(=O)O2)O1. The van der Waals surface area contributed by atoms with E-state index in [0.717, 1.165) is 0 Å². The minimum atomic E-state index is -1.30. The largest absolute Gasteiger partial charge is 0.509 e. The van der Waals surface area contributed by atoms with Gasteiger partial charge in [0.25, 0.3) is 0 Å². The zero-order chi connectivity index (χ0) is 13.1. The first kappa shape index (κ1) is 12.0. The van der Waals surface area contributed by atoms with Gasteiger partial charge in [0.05, 0.1) is 0 Å². The smallest absolute Gasteiger partial charge is 0.430 e. The van der Waals surface area contributed by atoms with Crippen LogP contribution >= 0.6 is 0 Å². The third-order valence-corrected chi connectivity index (χ3v) is 1.91. The van der Waals surface area contributed by atoms with Crippen LogP contribution in [0.3, 0.4) is 0 Å². The highest BCUT2D eigenvalue weighted by atomic mass is 17.2. The summed E-state index contributed by atoms with van der Waals surface area (Å²) in [6.07, 6.45) is -4.65. The van der Waals surface area contributed by atoms with Crippen LogP contribution in [0, 0.1) is 0 Å². The normalized spacial score (nSPS) is 25.6. The molecule has 2 atom stereocenters. The van der Waals surface area contributed by atoms with Crippen molar-refractivity contribution in [1.82, 2.24) is 0 Å². The third kappa shape index (κ3) is 2.59. The summed E-state index contributed by atoms with van der Waals surface area (Å²) in [4.78, 5) is 51.6. The molecule has 0 aliphatic carbocycles. The molecular weight excluding hydrogens is 256 g/mol. The number of ether oxygens (including phenoxy) is 4. The molecule has 2 aliphatic rings. The lowest BCUT2D eigenvalue weighted by Gasteiger charge is -2.07. The minimum Gasteiger partial charge on any atom is -0.430 e. The topological polar surface area (TPSA) is 124 Å². The number of hydrogen-bond acceptors (Lipinski definition) is 10. The van der Waals surface area contributed by atoms with Gasteiger partial charge in [-0.05, 0) is 0 Å². The predicted molar refractivity (Wildman–Crippen MR) is 44.6 cm³/mol. The van der Waals surface area contributed by atoms with Gasteiger partial charge in [-0.15, -0.1) is 0 Å². The van der Waals surface area contributed by atoms with Crippen molar-refractivity contribution in [1.29, 1.82) is 0 Å². The van der Waals surface area contributed by atoms with Crippen molar-refractivity contribution in [2.45, 2.75) is 12.2 Å². The molecule has 2 fully saturated rings. The molecule has 2 unspecified atom stereocenters. The molecular formula is C8H6O10. The quantitative estimate of drug-likeness (QED) is 0.349. The molecule has 18 heavy (non-hydrogen) atoms. The summed E-state index contributed by atoms with van der Waals surface area (Å²) in [5.41, 5.74) is 0. The van der Waals surface area contributed by atoms with E-state index in [0.29, 0.717) is 0 Å². The molecule has 0 radical (unpaired) electrons. The van der Waals surface area contributed by atoms with E-state index in [1.165, 1.54) is 0 Å². The van der Waals surface area contributed by atoms with Gasteiger partial charge >= 0.3 is 24.2 Å². The van der Waals surface area contributed by atoms with Crippen LogP contribution in [0.15, 0.2) is 0 Å². The Morgan fingerprint density at radius 1 is 0.889 bits per heavy atom. The molecule has 0 N–H and O–H groups in total. The van der Waals surface area contributed by atoms with Crippen LogP contribution < -0.4 is 0 Å². The Kier molecular flexibility index (Phi) is 3.17. The fourth-order valence-corrected chi connectivity index (χ4v) is 1.08. The second kappa shape index (κ2) is 4.77. The Balaban J connectivity index is 1.74. The van der Waals surface area contributed by atoms with Crippen LogP contribution in [0.5, 0.6) is 0 Å². The zero-order valence-corrected chi connectivity index (χ0v) is 8.65. The maximum absolute atomic E-state index is 11.2. The van der Waals surface area contributed by atoms with Crippen molar-refractivity contribution in [2.75, 3.05) is 13.2 Å². The summed E-state index contributed by atoms with van der Waals surface area (Å²) in [6.45, 7) is -0.673. The highest BCUT2D eigenvalue weighted by molar-refractivity contribution is 5.82. The van der Waals surface area contributed by atoms with Gasteiger partial charge in [-0.25, -0.2) is 29.0 Å². The molecule has 10 heteroatoms. The second-order valence-electron chi connectivity index (χ2n) is 3.14. The lowest BCUT2D eigenvalue weighted by molar-refractivity contribution is -0.267. The van der Waals surface area contributed by atoms with Gasteiger partial charge in [0.2, 0.25) is 12.2 Å². The fraction of sp³-hybridized carbons (Fsp3) is 0.500. The molecule has 0 aromatic carbocycles. The molecule has 2 aliphatic heterocycles. The molecule has 0 amide bonds. The summed E-state index contributed by atoms with van der Waals surface area (Å²) in [5.74, 6) is -2.25. The van der Waals surface area contributed by atoms with E-state index in [1.807, 2.05) is 0 Å². The van der Waals surface area contributed by atoms with Crippen LogP contribution in [0.4, 0.5) is 9.59 Å². The van der Waals surface area contributed by atoms with E-state index >= 15 is 0 Å². The number of hydrogen-bond donors (Lipinski definition) is 0. The average molecular weight is 262 g/mol. The highest BCUT2D eigenvalue weighted by Gasteiger charge is 2.37. The van der Waals surface area contributed by atoms with Crippen molar-refractivity contribution < 1.29 is 47.9 Å². The number of carbonyl (C=O) groups is 4. The first-order valence-electron chi connectivity index (χ1n) is 4.65. The lowest BCUT2D eigenvalue weighted by atomic mass is 10.4. The van der Waals surface area contributed by atoms with Crippen LogP contribution in [-0.4, -0.2) is 49.7 Å². The number of rotatable bonds is 2. The standard InChI is InChI=1S/C8H6O10/c9-5(3-1-13-7(11)15-3)17-18-6(10)4-2-14-8(12)16-4/h3-4H,1-2H2. The Morgan fingerprint density at radius 3 is 1.56 bits per heavy atom. The third-order valence-electron chi connectivity index (χ3n) is 1.91. The molecule has 10 nitrogen and oxygen atoms in total. The fourth-order valence-electron chi connectivity index (χ4n) is 1.08. The van der Waals surface area contributed by atoms with E-state index in [9.17, 15) is 19.2 Å². The summed E-state index contributed by atoms with van der Waals surface area (Å²) >= 11 is 0. The van der Waals surface area contributed by atoms with Crippen molar-refractivity contribution >= 4 is 24.2 Å². The summed E-state index contributed by atoms with van der Waals surface area (Å²) in [7, 11) is 0. The number of carbonyl (C=O) groups excluding carboxylic acids is 4. The summed E-state index contributed by atoms with van der Waals surface area (Å²) in [6, 6.07) is 0. The monoisotopic (exact) mass is 262 g/mol. The molecule has 2 rings (SSSR count). The van der Waals surface area contributed by atoms with Crippen LogP contribution in [0.1, 0.15) is 0 Å². The van der Waals surface area contributed by atoms with E-state index in [1.54, 1.807) is 0 Å². The molecule has 0 aromatic rings. The van der Waals surface area contributed by atoms with Gasteiger partial charge in [0.15, 0.2) is 0 Å². The van der Waals surface area contributed by atoms with Gasteiger partial charge < -0.3 is 18.9 Å². The molecule has 0 saturated carbocycles. The highest BCUT2D eigenvalue weighted by Crippen LogP contribution is 2.10. The summed E-state index contributed by atoms with van der Waals surface area (Å²) in [5, 5.41) is 0. The summed E-state index contributed by atoms with van der Waals surface area (Å²) < 4.78 is 17.4. The molecule has 2 heterocycles. The zero-order valence-electron chi connectivity index (χ0n) is 8.65. The van der Waals surface area contributed by atoms with Crippen molar-refractivity contribution in [3.63, 3.8) is 0 Å². The number of cyclic esters (lactones) is 4. The average Bonchev–Trinajstić information content (AvgIpc) is 2.94. The molecule has 0 aromatic heterocycles. The molecule has 0 bridgehead atoms. The van der Waals surface area contributed by atoms with Gasteiger partial charge in [-0.1, -0.05) is 0 Å². The van der Waals surface area contributed by atoms with Gasteiger partial charge in [-0.2, -0.15) is 0 Å². The lowest BCUT2D eigenvalue weighted by Crippen LogP contribution is -2.30. The maximum atomic E-state index is 11.2. The first-order chi connectivity index (χ1) is 8.56. The van der Waals surface area contributed by atoms with E-state index in [2.05, 4.69) is 28.7 Å². The Hall–Kier alpha value is -2.52. The van der Waals surface area contributed by atoms with Crippen LogP contribution in [0.2, 0.25) is 0 Å².